The van der Waals surface area contributed by atoms with Crippen molar-refractivity contribution in [1.29, 1.82) is 0 Å². The van der Waals surface area contributed by atoms with Crippen molar-refractivity contribution in [2.75, 3.05) is 6.54 Å². The Morgan fingerprint density at radius 3 is 2.55 bits per heavy atom. The fourth-order valence-corrected chi connectivity index (χ4v) is 1.98. The highest BCUT2D eigenvalue weighted by Crippen LogP contribution is 2.13. The number of hydrogen-bond acceptors (Lipinski definition) is 3. The van der Waals surface area contributed by atoms with Gasteiger partial charge in [0.15, 0.2) is 5.69 Å². The standard InChI is InChI=1S/C15H20N4O/c1-4-10-16-15(20)14-11(3)19(18-17-14)13-8-6-12(5-2)7-9-13/h6-9H,4-5,10H2,1-3H3,(H,16,20). The zero-order valence-electron chi connectivity index (χ0n) is 12.2. The number of carbonyl (C=O) groups excluding carboxylic acids is 1. The maximum atomic E-state index is 11.9. The minimum absolute atomic E-state index is 0.166. The van der Waals surface area contributed by atoms with Gasteiger partial charge in [0.2, 0.25) is 0 Å². The third-order valence-corrected chi connectivity index (χ3v) is 3.23. The van der Waals surface area contributed by atoms with Crippen LogP contribution in [-0.2, 0) is 6.42 Å². The molecule has 1 amide bonds. The van der Waals surface area contributed by atoms with E-state index in [0.29, 0.717) is 12.2 Å². The first-order valence-corrected chi connectivity index (χ1v) is 6.97. The Hall–Kier alpha value is -2.17. The maximum absolute atomic E-state index is 11.9. The number of rotatable bonds is 5. The SMILES string of the molecule is CCCNC(=O)c1nnn(-c2ccc(CC)cc2)c1C. The van der Waals surface area contributed by atoms with E-state index in [0.717, 1.165) is 24.2 Å². The quantitative estimate of drug-likeness (QED) is 0.908. The Morgan fingerprint density at radius 2 is 1.95 bits per heavy atom. The highest BCUT2D eigenvalue weighted by Gasteiger charge is 2.16. The summed E-state index contributed by atoms with van der Waals surface area (Å²) in [6.45, 7) is 6.64. The van der Waals surface area contributed by atoms with Gasteiger partial charge in [-0.1, -0.05) is 31.2 Å². The topological polar surface area (TPSA) is 59.8 Å². The summed E-state index contributed by atoms with van der Waals surface area (Å²) in [6.07, 6.45) is 1.90. The van der Waals surface area contributed by atoms with Gasteiger partial charge in [-0.3, -0.25) is 4.79 Å². The molecule has 0 saturated carbocycles. The molecule has 2 aromatic rings. The van der Waals surface area contributed by atoms with Crippen LogP contribution < -0.4 is 5.32 Å². The number of nitrogens with one attached hydrogen (secondary N) is 1. The number of aryl methyl sites for hydroxylation is 1. The van der Waals surface area contributed by atoms with Crippen molar-refractivity contribution in [1.82, 2.24) is 20.3 Å². The van der Waals surface area contributed by atoms with Crippen LogP contribution in [0, 0.1) is 6.92 Å². The van der Waals surface area contributed by atoms with Crippen LogP contribution in [0.3, 0.4) is 0 Å². The number of hydrogen-bond donors (Lipinski definition) is 1. The summed E-state index contributed by atoms with van der Waals surface area (Å²) in [5.41, 5.74) is 3.33. The van der Waals surface area contributed by atoms with Gasteiger partial charge in [-0.15, -0.1) is 5.10 Å². The first-order valence-electron chi connectivity index (χ1n) is 6.97. The summed E-state index contributed by atoms with van der Waals surface area (Å²) >= 11 is 0. The zero-order valence-corrected chi connectivity index (χ0v) is 12.2. The summed E-state index contributed by atoms with van der Waals surface area (Å²) in [5.74, 6) is -0.166. The Morgan fingerprint density at radius 1 is 1.25 bits per heavy atom. The molecule has 20 heavy (non-hydrogen) atoms. The molecule has 1 N–H and O–H groups in total. The molecule has 5 heteroatoms. The molecule has 0 bridgehead atoms. The lowest BCUT2D eigenvalue weighted by atomic mass is 10.1. The fraction of sp³-hybridized carbons (Fsp3) is 0.400. The Bertz CT molecular complexity index is 586. The second-order valence-corrected chi connectivity index (χ2v) is 4.71. The number of carbonyl (C=O) groups is 1. The molecule has 2 rings (SSSR count). The maximum Gasteiger partial charge on any atom is 0.273 e. The number of benzene rings is 1. The lowest BCUT2D eigenvalue weighted by Gasteiger charge is -2.05. The van der Waals surface area contributed by atoms with Crippen molar-refractivity contribution in [3.05, 3.63) is 41.2 Å². The second kappa shape index (κ2) is 6.32. The van der Waals surface area contributed by atoms with E-state index in [-0.39, 0.29) is 5.91 Å². The van der Waals surface area contributed by atoms with Gasteiger partial charge in [-0.2, -0.15) is 0 Å². The largest absolute Gasteiger partial charge is 0.351 e. The molecule has 0 unspecified atom stereocenters. The summed E-state index contributed by atoms with van der Waals surface area (Å²) in [7, 11) is 0. The second-order valence-electron chi connectivity index (χ2n) is 4.71. The van der Waals surface area contributed by atoms with Gasteiger partial charge >= 0.3 is 0 Å². The van der Waals surface area contributed by atoms with Gasteiger partial charge in [-0.05, 0) is 37.5 Å². The van der Waals surface area contributed by atoms with E-state index in [2.05, 4.69) is 34.7 Å². The monoisotopic (exact) mass is 272 g/mol. The molecule has 5 nitrogen and oxygen atoms in total. The average Bonchev–Trinajstić information content (AvgIpc) is 2.86. The molecule has 0 saturated heterocycles. The van der Waals surface area contributed by atoms with Gasteiger partial charge in [0.1, 0.15) is 0 Å². The Kier molecular flexibility index (Phi) is 4.50. The van der Waals surface area contributed by atoms with Crippen LogP contribution in [0.15, 0.2) is 24.3 Å². The van der Waals surface area contributed by atoms with E-state index in [1.54, 1.807) is 4.68 Å². The summed E-state index contributed by atoms with van der Waals surface area (Å²) in [6, 6.07) is 8.11. The predicted molar refractivity (Wildman–Crippen MR) is 78.1 cm³/mol. The number of nitrogens with zero attached hydrogens (tertiary/aromatic N) is 3. The summed E-state index contributed by atoms with van der Waals surface area (Å²) in [5, 5.41) is 10.9. The molecule has 1 heterocycles. The minimum Gasteiger partial charge on any atom is -0.351 e. The third-order valence-electron chi connectivity index (χ3n) is 3.23. The highest BCUT2D eigenvalue weighted by molar-refractivity contribution is 5.93. The normalized spacial score (nSPS) is 10.6. The lowest BCUT2D eigenvalue weighted by Crippen LogP contribution is -2.25. The van der Waals surface area contributed by atoms with Gasteiger partial charge in [-0.25, -0.2) is 4.68 Å². The van der Waals surface area contributed by atoms with Crippen LogP contribution in [0.2, 0.25) is 0 Å². The molecular formula is C15H20N4O. The van der Waals surface area contributed by atoms with Gasteiger partial charge < -0.3 is 5.32 Å². The first-order chi connectivity index (χ1) is 9.67. The van der Waals surface area contributed by atoms with Crippen molar-refractivity contribution in [3.63, 3.8) is 0 Å². The zero-order chi connectivity index (χ0) is 14.5. The van der Waals surface area contributed by atoms with Gasteiger partial charge in [0.25, 0.3) is 5.91 Å². The van der Waals surface area contributed by atoms with Gasteiger partial charge in [0, 0.05) is 6.54 Å². The molecule has 0 spiro atoms. The van der Waals surface area contributed by atoms with E-state index in [9.17, 15) is 4.79 Å². The number of aromatic nitrogens is 3. The van der Waals surface area contributed by atoms with Gasteiger partial charge in [0.05, 0.1) is 11.4 Å². The van der Waals surface area contributed by atoms with E-state index in [4.69, 9.17) is 0 Å². The van der Waals surface area contributed by atoms with Crippen molar-refractivity contribution < 1.29 is 4.79 Å². The van der Waals surface area contributed by atoms with Crippen LogP contribution in [0.4, 0.5) is 0 Å². The Balaban J connectivity index is 2.25. The minimum atomic E-state index is -0.166. The molecule has 1 aromatic carbocycles. The van der Waals surface area contributed by atoms with Crippen LogP contribution >= 0.6 is 0 Å². The van der Waals surface area contributed by atoms with Crippen molar-refractivity contribution in [2.24, 2.45) is 0 Å². The predicted octanol–water partition coefficient (Wildman–Crippen LogP) is 2.28. The van der Waals surface area contributed by atoms with E-state index in [1.807, 2.05) is 26.0 Å². The molecule has 0 aliphatic carbocycles. The highest BCUT2D eigenvalue weighted by atomic mass is 16.2. The molecule has 0 radical (unpaired) electrons. The molecule has 0 atom stereocenters. The number of amides is 1. The van der Waals surface area contributed by atoms with Crippen molar-refractivity contribution >= 4 is 5.91 Å². The molecule has 1 aromatic heterocycles. The van der Waals surface area contributed by atoms with Crippen LogP contribution in [0.1, 0.15) is 42.0 Å². The molecule has 0 aliphatic heterocycles. The molecule has 0 fully saturated rings. The van der Waals surface area contributed by atoms with E-state index >= 15 is 0 Å². The van der Waals surface area contributed by atoms with E-state index < -0.39 is 0 Å². The van der Waals surface area contributed by atoms with Crippen LogP contribution in [-0.4, -0.2) is 27.4 Å². The van der Waals surface area contributed by atoms with Crippen molar-refractivity contribution in [3.8, 4) is 5.69 Å². The lowest BCUT2D eigenvalue weighted by molar-refractivity contribution is 0.0948. The Labute approximate surface area is 119 Å². The summed E-state index contributed by atoms with van der Waals surface area (Å²) < 4.78 is 1.69. The van der Waals surface area contributed by atoms with Crippen molar-refractivity contribution in [2.45, 2.75) is 33.6 Å². The average molecular weight is 272 g/mol. The molecule has 0 aliphatic rings. The first kappa shape index (κ1) is 14.2. The van der Waals surface area contributed by atoms with Crippen LogP contribution in [0.5, 0.6) is 0 Å². The third kappa shape index (κ3) is 2.87. The fourth-order valence-electron chi connectivity index (χ4n) is 1.98. The molecular weight excluding hydrogens is 252 g/mol. The summed E-state index contributed by atoms with van der Waals surface area (Å²) in [4.78, 5) is 11.9. The molecule has 106 valence electrons. The van der Waals surface area contributed by atoms with E-state index in [1.165, 1.54) is 5.56 Å². The smallest absolute Gasteiger partial charge is 0.273 e. The van der Waals surface area contributed by atoms with Crippen LogP contribution in [0.25, 0.3) is 5.69 Å².